The Balaban J connectivity index is 1.41. The van der Waals surface area contributed by atoms with Crippen molar-refractivity contribution in [2.75, 3.05) is 23.0 Å². The van der Waals surface area contributed by atoms with Gasteiger partial charge in [-0.25, -0.2) is 0 Å². The van der Waals surface area contributed by atoms with Crippen molar-refractivity contribution in [1.29, 1.82) is 0 Å². The molecule has 2 aromatic carbocycles. The number of nitrogens with zero attached hydrogens (tertiary/aromatic N) is 1. The number of carbonyl (C=O) groups is 1. The molecular formula is C26H30N4O2S. The number of hydrogen-bond acceptors (Lipinski definition) is 6. The van der Waals surface area contributed by atoms with Crippen LogP contribution in [0.15, 0.2) is 53.5 Å². The molecule has 0 unspecified atom stereocenters. The number of fused-ring (bicyclic) bond motifs is 1. The molecule has 33 heavy (non-hydrogen) atoms. The van der Waals surface area contributed by atoms with Crippen molar-refractivity contribution in [2.45, 2.75) is 51.2 Å². The molecule has 0 saturated heterocycles. The lowest BCUT2D eigenvalue weighted by molar-refractivity contribution is -0.141. The molecule has 0 amide bonds. The van der Waals surface area contributed by atoms with Gasteiger partial charge in [-0.2, -0.15) is 0 Å². The molecule has 0 bridgehead atoms. The number of hydrogen-bond donors (Lipinski definition) is 3. The minimum absolute atomic E-state index is 0.0158. The highest BCUT2D eigenvalue weighted by molar-refractivity contribution is 8.14. The zero-order valence-corrected chi connectivity index (χ0v) is 19.7. The Morgan fingerprint density at radius 1 is 1.18 bits per heavy atom. The molecule has 2 aliphatic rings. The van der Waals surface area contributed by atoms with Crippen LogP contribution in [0.4, 0.5) is 11.4 Å². The van der Waals surface area contributed by atoms with Crippen LogP contribution in [-0.4, -0.2) is 40.4 Å². The van der Waals surface area contributed by atoms with Crippen molar-refractivity contribution in [3.63, 3.8) is 0 Å². The largest absolute Gasteiger partial charge is 0.464 e. The highest BCUT2D eigenvalue weighted by Gasteiger charge is 2.23. The summed E-state index contributed by atoms with van der Waals surface area (Å²) in [5.74, 6) is 0.575. The summed E-state index contributed by atoms with van der Waals surface area (Å²) in [6, 6.07) is 17.6. The fourth-order valence-electron chi connectivity index (χ4n) is 4.55. The number of anilines is 2. The number of aromatic nitrogens is 1. The fourth-order valence-corrected chi connectivity index (χ4v) is 5.56. The maximum atomic E-state index is 11.1. The highest BCUT2D eigenvalue weighted by atomic mass is 32.2. The Hall–Kier alpha value is -2.93. The number of carbonyl (C=O) groups excluding carboxylic acids is 1. The molecule has 2 heterocycles. The minimum Gasteiger partial charge on any atom is -0.464 e. The van der Waals surface area contributed by atoms with E-state index in [2.05, 4.69) is 45.9 Å². The van der Waals surface area contributed by atoms with Crippen LogP contribution in [0.2, 0.25) is 0 Å². The van der Waals surface area contributed by atoms with Gasteiger partial charge in [0.15, 0.2) is 0 Å². The van der Waals surface area contributed by atoms with Crippen molar-refractivity contribution >= 4 is 45.1 Å². The van der Waals surface area contributed by atoms with Crippen molar-refractivity contribution < 1.29 is 9.53 Å². The van der Waals surface area contributed by atoms with Gasteiger partial charge in [0, 0.05) is 36.3 Å². The normalized spacial score (nSPS) is 18.5. The Labute approximate surface area is 198 Å². The van der Waals surface area contributed by atoms with E-state index in [4.69, 9.17) is 9.73 Å². The molecule has 7 heteroatoms. The number of H-pyrrole nitrogens is 1. The molecule has 1 atom stereocenters. The van der Waals surface area contributed by atoms with Gasteiger partial charge in [0.2, 0.25) is 0 Å². The quantitative estimate of drug-likeness (QED) is 0.382. The van der Waals surface area contributed by atoms with E-state index in [0.29, 0.717) is 12.6 Å². The first kappa shape index (κ1) is 21.9. The first-order valence-electron chi connectivity index (χ1n) is 11.7. The number of thioether (sulfide) groups is 1. The molecule has 6 nitrogen and oxygen atoms in total. The molecule has 1 fully saturated rings. The number of aliphatic imine (C=N–C) groups is 1. The standard InChI is InChI=1S/C26H30N4O2S/c1-17(31)32-15-22-16-33-26(29-22)24-13-19-11-18(14-27-20-7-3-2-4-8-20)12-23(25(19)30-24)28-21-9-5-6-10-21/h2-4,7-8,11-13,21-22,27-28,30H,5-6,9-10,14-16H2,1H3/t22-/m1/s1. The van der Waals surface area contributed by atoms with Crippen LogP contribution in [-0.2, 0) is 16.1 Å². The minimum atomic E-state index is -0.256. The van der Waals surface area contributed by atoms with Crippen molar-refractivity contribution in [2.24, 2.45) is 4.99 Å². The topological polar surface area (TPSA) is 78.5 Å². The number of rotatable bonds is 8. The molecular weight excluding hydrogens is 432 g/mol. The summed E-state index contributed by atoms with van der Waals surface area (Å²) in [4.78, 5) is 19.5. The Bertz CT molecular complexity index is 1150. The van der Waals surface area contributed by atoms with E-state index < -0.39 is 0 Å². The number of aromatic amines is 1. The van der Waals surface area contributed by atoms with E-state index >= 15 is 0 Å². The van der Waals surface area contributed by atoms with Crippen LogP contribution < -0.4 is 10.6 Å². The third kappa shape index (κ3) is 5.36. The van der Waals surface area contributed by atoms with E-state index in [9.17, 15) is 4.79 Å². The molecule has 172 valence electrons. The van der Waals surface area contributed by atoms with Crippen LogP contribution >= 0.6 is 11.8 Å². The van der Waals surface area contributed by atoms with Gasteiger partial charge in [-0.1, -0.05) is 31.0 Å². The maximum absolute atomic E-state index is 11.1. The predicted octanol–water partition coefficient (Wildman–Crippen LogP) is 5.56. The van der Waals surface area contributed by atoms with Gasteiger partial charge in [-0.3, -0.25) is 9.79 Å². The van der Waals surface area contributed by atoms with Crippen molar-refractivity contribution in [1.82, 2.24) is 4.98 Å². The third-order valence-corrected chi connectivity index (χ3v) is 7.35. The smallest absolute Gasteiger partial charge is 0.302 e. The number of nitrogens with one attached hydrogen (secondary N) is 3. The molecule has 3 aromatic rings. The lowest BCUT2D eigenvalue weighted by Gasteiger charge is -2.16. The molecule has 1 aliphatic carbocycles. The van der Waals surface area contributed by atoms with Crippen molar-refractivity contribution in [3.8, 4) is 0 Å². The highest BCUT2D eigenvalue weighted by Crippen LogP contribution is 2.32. The maximum Gasteiger partial charge on any atom is 0.302 e. The predicted molar refractivity (Wildman–Crippen MR) is 137 cm³/mol. The lowest BCUT2D eigenvalue weighted by atomic mass is 10.1. The second kappa shape index (κ2) is 9.91. The van der Waals surface area contributed by atoms with Crippen molar-refractivity contribution in [3.05, 3.63) is 59.8 Å². The zero-order chi connectivity index (χ0) is 22.6. The van der Waals surface area contributed by atoms with Crippen LogP contribution in [0.3, 0.4) is 0 Å². The van der Waals surface area contributed by atoms with E-state index in [1.54, 1.807) is 11.8 Å². The summed E-state index contributed by atoms with van der Waals surface area (Å²) in [5.41, 5.74) is 5.69. The third-order valence-electron chi connectivity index (χ3n) is 6.20. The number of esters is 1. The van der Waals surface area contributed by atoms with Crippen LogP contribution in [0, 0.1) is 0 Å². The van der Waals surface area contributed by atoms with Crippen LogP contribution in [0.25, 0.3) is 10.9 Å². The second-order valence-electron chi connectivity index (χ2n) is 8.84. The summed E-state index contributed by atoms with van der Waals surface area (Å²) >= 11 is 1.72. The summed E-state index contributed by atoms with van der Waals surface area (Å²) in [6.07, 6.45) is 5.04. The molecule has 1 aromatic heterocycles. The SMILES string of the molecule is CC(=O)OC[C@@H]1CSC(c2cc3cc(CNc4ccccc4)cc(NC4CCCC4)c3[nH]2)=N1. The van der Waals surface area contributed by atoms with E-state index in [1.165, 1.54) is 43.6 Å². The van der Waals surface area contributed by atoms with Gasteiger partial charge in [-0.15, -0.1) is 11.8 Å². The summed E-state index contributed by atoms with van der Waals surface area (Å²) in [6.45, 7) is 2.54. The second-order valence-corrected chi connectivity index (χ2v) is 9.85. The monoisotopic (exact) mass is 462 g/mol. The van der Waals surface area contributed by atoms with Gasteiger partial charge < -0.3 is 20.4 Å². The molecule has 0 spiro atoms. The first-order valence-corrected chi connectivity index (χ1v) is 12.7. The Kier molecular flexibility index (Phi) is 6.58. The van der Waals surface area contributed by atoms with E-state index in [0.717, 1.165) is 39.9 Å². The molecule has 5 rings (SSSR count). The molecule has 3 N–H and O–H groups in total. The number of benzene rings is 2. The zero-order valence-electron chi connectivity index (χ0n) is 18.9. The van der Waals surface area contributed by atoms with Gasteiger partial charge in [0.25, 0.3) is 0 Å². The average molecular weight is 463 g/mol. The number of para-hydroxylation sites is 1. The van der Waals surface area contributed by atoms with E-state index in [-0.39, 0.29) is 12.0 Å². The molecule has 1 saturated carbocycles. The molecule has 0 radical (unpaired) electrons. The Morgan fingerprint density at radius 2 is 2.00 bits per heavy atom. The summed E-state index contributed by atoms with van der Waals surface area (Å²) in [7, 11) is 0. The van der Waals surface area contributed by atoms with Gasteiger partial charge in [-0.05, 0) is 48.7 Å². The average Bonchev–Trinajstić information content (AvgIpc) is 3.57. The fraction of sp³-hybridized carbons (Fsp3) is 0.385. The first-order chi connectivity index (χ1) is 16.1. The van der Waals surface area contributed by atoms with Gasteiger partial charge >= 0.3 is 5.97 Å². The molecule has 1 aliphatic heterocycles. The lowest BCUT2D eigenvalue weighted by Crippen LogP contribution is -2.15. The van der Waals surface area contributed by atoms with Crippen LogP contribution in [0.5, 0.6) is 0 Å². The summed E-state index contributed by atoms with van der Waals surface area (Å²) in [5, 5.41) is 9.50. The van der Waals surface area contributed by atoms with Gasteiger partial charge in [0.1, 0.15) is 11.7 Å². The van der Waals surface area contributed by atoms with Crippen LogP contribution in [0.1, 0.15) is 43.9 Å². The summed E-state index contributed by atoms with van der Waals surface area (Å²) < 4.78 is 5.15. The number of ether oxygens (including phenoxy) is 1. The van der Waals surface area contributed by atoms with E-state index in [1.807, 2.05) is 18.2 Å². The Morgan fingerprint density at radius 3 is 2.79 bits per heavy atom. The van der Waals surface area contributed by atoms with Gasteiger partial charge in [0.05, 0.1) is 22.9 Å².